The van der Waals surface area contributed by atoms with Gasteiger partial charge in [0.1, 0.15) is 6.29 Å². The van der Waals surface area contributed by atoms with Crippen LogP contribution in [0.3, 0.4) is 0 Å². The SMILES string of the molecule is CCC(CC)Nc1c([N+](=O)[O-])cc(CC=O)c(C(C)C)c1[N+](=O)[O-]. The van der Waals surface area contributed by atoms with Crippen molar-refractivity contribution in [1.29, 1.82) is 0 Å². The van der Waals surface area contributed by atoms with E-state index in [0.717, 1.165) is 0 Å². The minimum atomic E-state index is -0.643. The van der Waals surface area contributed by atoms with Crippen molar-refractivity contribution >= 4 is 23.3 Å². The van der Waals surface area contributed by atoms with Crippen molar-refractivity contribution in [2.24, 2.45) is 0 Å². The lowest BCUT2D eigenvalue weighted by Crippen LogP contribution is -2.20. The molecule has 0 bridgehead atoms. The predicted octanol–water partition coefficient (Wildman–Crippen LogP) is 3.97. The van der Waals surface area contributed by atoms with Crippen molar-refractivity contribution < 1.29 is 14.6 Å². The first-order chi connectivity index (χ1) is 11.3. The Bertz CT molecular complexity index is 639. The third-order valence-corrected chi connectivity index (χ3v) is 4.00. The fourth-order valence-electron chi connectivity index (χ4n) is 2.80. The van der Waals surface area contributed by atoms with E-state index in [2.05, 4.69) is 5.32 Å². The number of hydrogen-bond donors (Lipinski definition) is 1. The van der Waals surface area contributed by atoms with Gasteiger partial charge in [-0.1, -0.05) is 27.7 Å². The topological polar surface area (TPSA) is 115 Å². The molecule has 0 fully saturated rings. The third kappa shape index (κ3) is 4.06. The van der Waals surface area contributed by atoms with Crippen LogP contribution in [0, 0.1) is 20.2 Å². The maximum atomic E-state index is 11.7. The molecular weight excluding hydrogens is 314 g/mol. The second-order valence-corrected chi connectivity index (χ2v) is 5.89. The highest BCUT2D eigenvalue weighted by molar-refractivity contribution is 5.80. The van der Waals surface area contributed by atoms with E-state index in [1.807, 2.05) is 13.8 Å². The average Bonchev–Trinajstić information content (AvgIpc) is 2.51. The summed E-state index contributed by atoms with van der Waals surface area (Å²) >= 11 is 0. The van der Waals surface area contributed by atoms with E-state index in [0.29, 0.717) is 30.3 Å². The predicted molar refractivity (Wildman–Crippen MR) is 91.6 cm³/mol. The molecule has 1 aromatic carbocycles. The number of aldehydes is 1. The molecule has 0 amide bonds. The molecule has 1 rings (SSSR count). The Morgan fingerprint density at radius 1 is 1.17 bits per heavy atom. The summed E-state index contributed by atoms with van der Waals surface area (Å²) in [7, 11) is 0. The van der Waals surface area contributed by atoms with Gasteiger partial charge in [-0.3, -0.25) is 20.2 Å². The molecule has 1 aromatic rings. The molecule has 0 saturated heterocycles. The van der Waals surface area contributed by atoms with Crippen molar-refractivity contribution in [2.75, 3.05) is 5.32 Å². The molecule has 0 heterocycles. The fourth-order valence-corrected chi connectivity index (χ4v) is 2.80. The fraction of sp³-hybridized carbons (Fsp3) is 0.562. The number of nitro groups is 2. The Morgan fingerprint density at radius 3 is 2.12 bits per heavy atom. The molecule has 0 aliphatic heterocycles. The lowest BCUT2D eigenvalue weighted by atomic mass is 9.91. The third-order valence-electron chi connectivity index (χ3n) is 4.00. The quantitative estimate of drug-likeness (QED) is 0.414. The van der Waals surface area contributed by atoms with E-state index in [9.17, 15) is 25.0 Å². The van der Waals surface area contributed by atoms with E-state index >= 15 is 0 Å². The Kier molecular flexibility index (Phi) is 6.82. The summed E-state index contributed by atoms with van der Waals surface area (Å²) in [5.74, 6) is -0.247. The number of benzene rings is 1. The zero-order valence-corrected chi connectivity index (χ0v) is 14.4. The van der Waals surface area contributed by atoms with Crippen molar-refractivity contribution in [3.8, 4) is 0 Å². The van der Waals surface area contributed by atoms with Gasteiger partial charge < -0.3 is 10.1 Å². The van der Waals surface area contributed by atoms with Crippen LogP contribution in [0.2, 0.25) is 0 Å². The van der Waals surface area contributed by atoms with Gasteiger partial charge in [-0.2, -0.15) is 0 Å². The van der Waals surface area contributed by atoms with Gasteiger partial charge >= 0.3 is 5.69 Å². The number of carbonyl (C=O) groups excluding carboxylic acids is 1. The van der Waals surface area contributed by atoms with Gasteiger partial charge in [0.2, 0.25) is 0 Å². The van der Waals surface area contributed by atoms with Crippen molar-refractivity contribution in [3.63, 3.8) is 0 Å². The summed E-state index contributed by atoms with van der Waals surface area (Å²) < 4.78 is 0. The van der Waals surface area contributed by atoms with Crippen molar-refractivity contribution in [1.82, 2.24) is 0 Å². The van der Waals surface area contributed by atoms with Gasteiger partial charge in [0.25, 0.3) is 5.69 Å². The van der Waals surface area contributed by atoms with Crippen LogP contribution >= 0.6 is 0 Å². The number of carbonyl (C=O) groups is 1. The number of nitro benzene ring substituents is 2. The van der Waals surface area contributed by atoms with E-state index in [-0.39, 0.29) is 35.4 Å². The summed E-state index contributed by atoms with van der Waals surface area (Å²) in [5.41, 5.74) is -0.0468. The average molecular weight is 337 g/mol. The standard InChI is InChI=1S/C16H23N3O5/c1-5-12(6-2)17-15-13(18(21)22)9-11(7-8-20)14(10(3)4)16(15)19(23)24/h8-10,12,17H,5-7H2,1-4H3. The number of hydrogen-bond acceptors (Lipinski definition) is 6. The summed E-state index contributed by atoms with van der Waals surface area (Å²) in [6.45, 7) is 7.35. The smallest absolute Gasteiger partial charge is 0.303 e. The number of nitrogens with one attached hydrogen (secondary N) is 1. The molecule has 0 unspecified atom stereocenters. The number of nitrogens with zero attached hydrogens (tertiary/aromatic N) is 2. The minimum absolute atomic E-state index is 0.0722. The Hall–Kier alpha value is -2.51. The van der Waals surface area contributed by atoms with Crippen LogP contribution < -0.4 is 5.32 Å². The summed E-state index contributed by atoms with van der Waals surface area (Å²) in [6, 6.07) is 1.17. The second kappa shape index (κ2) is 8.37. The van der Waals surface area contributed by atoms with Crippen molar-refractivity contribution in [2.45, 2.75) is 58.9 Å². The molecule has 0 radical (unpaired) electrons. The Balaban J connectivity index is 3.80. The van der Waals surface area contributed by atoms with Crippen LogP contribution in [-0.4, -0.2) is 22.2 Å². The van der Waals surface area contributed by atoms with E-state index in [1.54, 1.807) is 13.8 Å². The van der Waals surface area contributed by atoms with E-state index in [4.69, 9.17) is 0 Å². The van der Waals surface area contributed by atoms with Crippen LogP contribution in [-0.2, 0) is 11.2 Å². The molecule has 8 heteroatoms. The van der Waals surface area contributed by atoms with Crippen LogP contribution in [0.5, 0.6) is 0 Å². The molecular formula is C16H23N3O5. The van der Waals surface area contributed by atoms with Gasteiger partial charge in [0.05, 0.1) is 9.85 Å². The monoisotopic (exact) mass is 337 g/mol. The molecule has 24 heavy (non-hydrogen) atoms. The largest absolute Gasteiger partial charge is 0.371 e. The van der Waals surface area contributed by atoms with Crippen molar-refractivity contribution in [3.05, 3.63) is 37.4 Å². The first-order valence-electron chi connectivity index (χ1n) is 7.97. The van der Waals surface area contributed by atoms with E-state index < -0.39 is 9.85 Å². The summed E-state index contributed by atoms with van der Waals surface area (Å²) in [4.78, 5) is 32.8. The maximum Gasteiger partial charge on any atom is 0.303 e. The highest BCUT2D eigenvalue weighted by Gasteiger charge is 2.33. The molecule has 0 atom stereocenters. The zero-order chi connectivity index (χ0) is 18.4. The van der Waals surface area contributed by atoms with Crippen LogP contribution in [0.4, 0.5) is 17.1 Å². The molecule has 0 aromatic heterocycles. The van der Waals surface area contributed by atoms with Crippen LogP contribution in [0.15, 0.2) is 6.07 Å². The van der Waals surface area contributed by atoms with Gasteiger partial charge in [0.15, 0.2) is 5.69 Å². The summed E-state index contributed by atoms with van der Waals surface area (Å²) in [6.07, 6.45) is 1.86. The molecule has 0 spiro atoms. The van der Waals surface area contributed by atoms with Gasteiger partial charge in [-0.25, -0.2) is 0 Å². The minimum Gasteiger partial charge on any atom is -0.371 e. The van der Waals surface area contributed by atoms with Crippen LogP contribution in [0.1, 0.15) is 57.6 Å². The molecule has 0 saturated carbocycles. The molecule has 132 valence electrons. The normalized spacial score (nSPS) is 10.9. The highest BCUT2D eigenvalue weighted by atomic mass is 16.6. The van der Waals surface area contributed by atoms with Gasteiger partial charge in [0, 0.05) is 24.1 Å². The lowest BCUT2D eigenvalue weighted by molar-refractivity contribution is -0.393. The maximum absolute atomic E-state index is 11.7. The molecule has 0 aliphatic carbocycles. The second-order valence-electron chi connectivity index (χ2n) is 5.89. The first kappa shape index (κ1) is 19.5. The lowest BCUT2D eigenvalue weighted by Gasteiger charge is -2.20. The summed E-state index contributed by atoms with van der Waals surface area (Å²) in [5, 5.41) is 26.1. The number of rotatable bonds is 9. The highest BCUT2D eigenvalue weighted by Crippen LogP contribution is 2.43. The first-order valence-corrected chi connectivity index (χ1v) is 7.97. The van der Waals surface area contributed by atoms with Gasteiger partial charge in [-0.05, 0) is 24.3 Å². The number of anilines is 1. The molecule has 0 aliphatic rings. The Morgan fingerprint density at radius 2 is 1.75 bits per heavy atom. The Labute approximate surface area is 140 Å². The molecule has 8 nitrogen and oxygen atoms in total. The van der Waals surface area contributed by atoms with Gasteiger partial charge in [-0.15, -0.1) is 0 Å². The van der Waals surface area contributed by atoms with Crippen LogP contribution in [0.25, 0.3) is 0 Å². The van der Waals surface area contributed by atoms with E-state index in [1.165, 1.54) is 6.07 Å². The molecule has 1 N–H and O–H groups in total. The zero-order valence-electron chi connectivity index (χ0n) is 14.4.